The maximum atomic E-state index is 5.73. The molecular formula is C15H16N2O. The summed E-state index contributed by atoms with van der Waals surface area (Å²) in [6.45, 7) is 0.538. The number of nitrogens with one attached hydrogen (secondary N) is 1. The van der Waals surface area contributed by atoms with Crippen LogP contribution in [0.15, 0.2) is 59.7 Å². The lowest BCUT2D eigenvalue weighted by Gasteiger charge is -2.08. The predicted molar refractivity (Wildman–Crippen MR) is 73.9 cm³/mol. The Morgan fingerprint density at radius 3 is 2.56 bits per heavy atom. The fraction of sp³-hybridized carbons (Fsp3) is 0.133. The smallest absolute Gasteiger partial charge is 0.119 e. The fourth-order valence-corrected chi connectivity index (χ4v) is 1.60. The van der Waals surface area contributed by atoms with Crippen LogP contribution < -0.4 is 10.2 Å². The number of ether oxygens (including phenoxy) is 1. The van der Waals surface area contributed by atoms with Gasteiger partial charge in [-0.2, -0.15) is 5.10 Å². The second-order valence-electron chi connectivity index (χ2n) is 3.78. The molecule has 0 aliphatic heterocycles. The number of hydrogen-bond donors (Lipinski definition) is 1. The summed E-state index contributed by atoms with van der Waals surface area (Å²) >= 11 is 0. The van der Waals surface area contributed by atoms with Crippen molar-refractivity contribution in [3.63, 3.8) is 0 Å². The molecule has 0 aromatic heterocycles. The Kier molecular flexibility index (Phi) is 4.36. The van der Waals surface area contributed by atoms with Gasteiger partial charge >= 0.3 is 0 Å². The van der Waals surface area contributed by atoms with Gasteiger partial charge in [0.15, 0.2) is 0 Å². The molecule has 0 aliphatic carbocycles. The molecule has 0 heterocycles. The molecule has 18 heavy (non-hydrogen) atoms. The van der Waals surface area contributed by atoms with Crippen molar-refractivity contribution in [2.75, 3.05) is 7.05 Å². The summed E-state index contributed by atoms with van der Waals surface area (Å²) in [5.74, 6) is 0.873. The molecular weight excluding hydrogens is 224 g/mol. The van der Waals surface area contributed by atoms with E-state index in [0.717, 1.165) is 16.9 Å². The highest BCUT2D eigenvalue weighted by Gasteiger charge is 2.00. The predicted octanol–water partition coefficient (Wildman–Crippen LogP) is 2.82. The van der Waals surface area contributed by atoms with E-state index in [4.69, 9.17) is 4.74 Å². The van der Waals surface area contributed by atoms with Crippen LogP contribution in [0.4, 0.5) is 0 Å². The Balaban J connectivity index is 2.07. The standard InChI is InChI=1S/C15H16N2O/c1-16-17-11-13-7-5-6-8-14(13)12-18-15-9-3-2-4-10-15/h2-11,16H,12H2,1H3/b17-11+. The van der Waals surface area contributed by atoms with Gasteiger partial charge in [0, 0.05) is 12.6 Å². The van der Waals surface area contributed by atoms with Gasteiger partial charge < -0.3 is 10.2 Å². The minimum Gasteiger partial charge on any atom is -0.489 e. The lowest BCUT2D eigenvalue weighted by Crippen LogP contribution is -2.01. The average molecular weight is 240 g/mol. The van der Waals surface area contributed by atoms with Gasteiger partial charge in [0.05, 0.1) is 6.21 Å². The maximum absolute atomic E-state index is 5.73. The summed E-state index contributed by atoms with van der Waals surface area (Å²) < 4.78 is 5.73. The van der Waals surface area contributed by atoms with Gasteiger partial charge in [0.2, 0.25) is 0 Å². The summed E-state index contributed by atoms with van der Waals surface area (Å²) in [5.41, 5.74) is 4.92. The second kappa shape index (κ2) is 6.45. The second-order valence-corrected chi connectivity index (χ2v) is 3.78. The molecule has 1 N–H and O–H groups in total. The molecule has 0 saturated heterocycles. The first kappa shape index (κ1) is 12.2. The summed E-state index contributed by atoms with van der Waals surface area (Å²) in [7, 11) is 1.78. The molecule has 0 spiro atoms. The van der Waals surface area contributed by atoms with Crippen LogP contribution in [0, 0.1) is 0 Å². The van der Waals surface area contributed by atoms with E-state index in [2.05, 4.69) is 10.5 Å². The first-order chi connectivity index (χ1) is 8.90. The number of hydrazone groups is 1. The Bertz CT molecular complexity index is 509. The van der Waals surface area contributed by atoms with E-state index in [1.165, 1.54) is 0 Å². The number of para-hydroxylation sites is 1. The Morgan fingerprint density at radius 1 is 1.06 bits per heavy atom. The van der Waals surface area contributed by atoms with Crippen molar-refractivity contribution in [2.45, 2.75) is 6.61 Å². The highest BCUT2D eigenvalue weighted by molar-refractivity contribution is 5.81. The SMILES string of the molecule is CN/N=C/c1ccccc1COc1ccccc1. The van der Waals surface area contributed by atoms with Gasteiger partial charge in [-0.25, -0.2) is 0 Å². The van der Waals surface area contributed by atoms with E-state index in [0.29, 0.717) is 6.61 Å². The van der Waals surface area contributed by atoms with Crippen molar-refractivity contribution in [3.05, 3.63) is 65.7 Å². The summed E-state index contributed by atoms with van der Waals surface area (Å²) in [6.07, 6.45) is 1.80. The molecule has 2 aromatic carbocycles. The summed E-state index contributed by atoms with van der Waals surface area (Å²) in [6, 6.07) is 17.8. The highest BCUT2D eigenvalue weighted by Crippen LogP contribution is 2.13. The third-order valence-corrected chi connectivity index (χ3v) is 2.53. The van der Waals surface area contributed by atoms with Crippen LogP contribution >= 0.6 is 0 Å². The lowest BCUT2D eigenvalue weighted by atomic mass is 10.1. The van der Waals surface area contributed by atoms with Crippen molar-refractivity contribution >= 4 is 6.21 Å². The zero-order chi connectivity index (χ0) is 12.6. The monoisotopic (exact) mass is 240 g/mol. The van der Waals surface area contributed by atoms with Crippen molar-refractivity contribution in [3.8, 4) is 5.75 Å². The topological polar surface area (TPSA) is 33.6 Å². The molecule has 0 unspecified atom stereocenters. The van der Waals surface area contributed by atoms with E-state index in [9.17, 15) is 0 Å². The van der Waals surface area contributed by atoms with E-state index >= 15 is 0 Å². The van der Waals surface area contributed by atoms with Gasteiger partial charge in [-0.1, -0.05) is 42.5 Å². The fourth-order valence-electron chi connectivity index (χ4n) is 1.60. The minimum absolute atomic E-state index is 0.538. The van der Waals surface area contributed by atoms with E-state index in [1.54, 1.807) is 13.3 Å². The Hall–Kier alpha value is -2.29. The van der Waals surface area contributed by atoms with Crippen LogP contribution in [-0.2, 0) is 6.61 Å². The van der Waals surface area contributed by atoms with Gasteiger partial charge in [-0.05, 0) is 17.7 Å². The van der Waals surface area contributed by atoms with E-state index < -0.39 is 0 Å². The Labute approximate surface area is 107 Å². The first-order valence-electron chi connectivity index (χ1n) is 5.85. The van der Waals surface area contributed by atoms with Gasteiger partial charge in [-0.3, -0.25) is 0 Å². The molecule has 92 valence electrons. The summed E-state index contributed by atoms with van der Waals surface area (Å²) in [4.78, 5) is 0. The van der Waals surface area contributed by atoms with Crippen LogP contribution in [0.1, 0.15) is 11.1 Å². The van der Waals surface area contributed by atoms with Crippen LogP contribution in [0.2, 0.25) is 0 Å². The van der Waals surface area contributed by atoms with Crippen LogP contribution in [0.5, 0.6) is 5.75 Å². The third-order valence-electron chi connectivity index (χ3n) is 2.53. The number of nitrogens with zero attached hydrogens (tertiary/aromatic N) is 1. The molecule has 0 fully saturated rings. The molecule has 2 rings (SSSR count). The molecule has 0 aliphatic rings. The number of hydrogen-bond acceptors (Lipinski definition) is 3. The number of benzene rings is 2. The zero-order valence-corrected chi connectivity index (χ0v) is 10.3. The minimum atomic E-state index is 0.538. The van der Waals surface area contributed by atoms with Crippen LogP contribution in [-0.4, -0.2) is 13.3 Å². The van der Waals surface area contributed by atoms with Crippen molar-refractivity contribution < 1.29 is 4.74 Å². The molecule has 3 heteroatoms. The molecule has 2 aromatic rings. The molecule has 0 amide bonds. The quantitative estimate of drug-likeness (QED) is 0.644. The van der Waals surface area contributed by atoms with Gasteiger partial charge in [0.25, 0.3) is 0 Å². The van der Waals surface area contributed by atoms with Crippen molar-refractivity contribution in [2.24, 2.45) is 5.10 Å². The molecule has 3 nitrogen and oxygen atoms in total. The molecule has 0 radical (unpaired) electrons. The molecule has 0 atom stereocenters. The third kappa shape index (κ3) is 3.35. The van der Waals surface area contributed by atoms with Crippen molar-refractivity contribution in [1.29, 1.82) is 0 Å². The van der Waals surface area contributed by atoms with Crippen LogP contribution in [0.3, 0.4) is 0 Å². The highest BCUT2D eigenvalue weighted by atomic mass is 16.5. The average Bonchev–Trinajstić information content (AvgIpc) is 2.45. The molecule has 0 saturated carbocycles. The molecule has 0 bridgehead atoms. The van der Waals surface area contributed by atoms with E-state index in [1.807, 2.05) is 54.6 Å². The Morgan fingerprint density at radius 2 is 1.78 bits per heavy atom. The largest absolute Gasteiger partial charge is 0.489 e. The summed E-state index contributed by atoms with van der Waals surface area (Å²) in [5, 5.41) is 4.03. The maximum Gasteiger partial charge on any atom is 0.119 e. The van der Waals surface area contributed by atoms with E-state index in [-0.39, 0.29) is 0 Å². The van der Waals surface area contributed by atoms with Crippen LogP contribution in [0.25, 0.3) is 0 Å². The lowest BCUT2D eigenvalue weighted by molar-refractivity contribution is 0.306. The van der Waals surface area contributed by atoms with Gasteiger partial charge in [-0.15, -0.1) is 0 Å². The first-order valence-corrected chi connectivity index (χ1v) is 5.85. The van der Waals surface area contributed by atoms with Crippen molar-refractivity contribution in [1.82, 2.24) is 5.43 Å². The zero-order valence-electron chi connectivity index (χ0n) is 10.3. The normalized spacial score (nSPS) is 10.5. The number of rotatable bonds is 5. The van der Waals surface area contributed by atoms with Gasteiger partial charge in [0.1, 0.15) is 12.4 Å².